The monoisotopic (exact) mass is 279 g/mol. The molecule has 0 radical (unpaired) electrons. The van der Waals surface area contributed by atoms with Crippen LogP contribution in [0.25, 0.3) is 0 Å². The number of carbonyl (C=O) groups excluding carboxylic acids is 1. The van der Waals surface area contributed by atoms with Crippen LogP contribution in [-0.4, -0.2) is 45.8 Å². The van der Waals surface area contributed by atoms with Gasteiger partial charge in [-0.1, -0.05) is 0 Å². The van der Waals surface area contributed by atoms with Crippen LogP contribution in [0.4, 0.5) is 0 Å². The van der Waals surface area contributed by atoms with Crippen molar-refractivity contribution in [1.29, 1.82) is 0 Å². The highest BCUT2D eigenvalue weighted by molar-refractivity contribution is 5.77. The van der Waals surface area contributed by atoms with Gasteiger partial charge < -0.3 is 15.1 Å². The average Bonchev–Trinajstić information content (AvgIpc) is 2.32. The molecule has 0 aromatic rings. The first-order valence-electron chi connectivity index (χ1n) is 8.13. The summed E-state index contributed by atoms with van der Waals surface area (Å²) in [5, 5.41) is 19.9. The summed E-state index contributed by atoms with van der Waals surface area (Å²) in [7, 11) is 0. The highest BCUT2D eigenvalue weighted by Crippen LogP contribution is 2.61. The Morgan fingerprint density at radius 2 is 1.65 bits per heavy atom. The summed E-state index contributed by atoms with van der Waals surface area (Å²) in [5.41, 5.74) is -0.455. The van der Waals surface area contributed by atoms with Crippen molar-refractivity contribution in [3.8, 4) is 0 Å². The third kappa shape index (κ3) is 1.77. The second-order valence-corrected chi connectivity index (χ2v) is 7.90. The summed E-state index contributed by atoms with van der Waals surface area (Å²) in [6.07, 6.45) is 4.82. The van der Waals surface area contributed by atoms with Gasteiger partial charge in [0.15, 0.2) is 0 Å². The largest absolute Gasteiger partial charge is 0.390 e. The number of aliphatic hydroxyl groups excluding tert-OH is 1. The van der Waals surface area contributed by atoms with Gasteiger partial charge >= 0.3 is 0 Å². The number of likely N-dealkylation sites (tertiary alicyclic amines) is 1. The Hall–Kier alpha value is -0.610. The maximum Gasteiger partial charge on any atom is 0.223 e. The highest BCUT2D eigenvalue weighted by Gasteiger charge is 2.57. The molecule has 5 aliphatic rings. The molecule has 0 aromatic carbocycles. The van der Waals surface area contributed by atoms with Crippen LogP contribution in [0.2, 0.25) is 0 Å². The zero-order valence-electron chi connectivity index (χ0n) is 12.2. The number of hydrogen-bond donors (Lipinski definition) is 2. The molecule has 4 heteroatoms. The van der Waals surface area contributed by atoms with E-state index in [1.165, 1.54) is 0 Å². The zero-order chi connectivity index (χ0) is 14.1. The Morgan fingerprint density at radius 1 is 1.15 bits per heavy atom. The van der Waals surface area contributed by atoms with E-state index in [1.807, 2.05) is 6.92 Å². The maximum atomic E-state index is 12.3. The number of amides is 1. The lowest BCUT2D eigenvalue weighted by atomic mass is 9.46. The molecule has 5 fully saturated rings. The van der Waals surface area contributed by atoms with Gasteiger partial charge in [-0.2, -0.15) is 0 Å². The smallest absolute Gasteiger partial charge is 0.223 e. The predicted molar refractivity (Wildman–Crippen MR) is 73.7 cm³/mol. The number of carbonyl (C=O) groups is 1. The first-order chi connectivity index (χ1) is 9.45. The quantitative estimate of drug-likeness (QED) is 0.793. The van der Waals surface area contributed by atoms with Gasteiger partial charge in [-0.05, 0) is 62.2 Å². The van der Waals surface area contributed by atoms with Crippen molar-refractivity contribution in [1.82, 2.24) is 4.90 Å². The normalized spacial score (nSPS) is 50.4. The lowest BCUT2D eigenvalue weighted by Crippen LogP contribution is -2.60. The van der Waals surface area contributed by atoms with Crippen molar-refractivity contribution < 1.29 is 15.0 Å². The molecule has 1 aliphatic heterocycles. The number of nitrogens with zero attached hydrogens (tertiary/aromatic N) is 1. The third-order valence-corrected chi connectivity index (χ3v) is 6.84. The van der Waals surface area contributed by atoms with E-state index in [9.17, 15) is 15.0 Å². The van der Waals surface area contributed by atoms with Gasteiger partial charge in [-0.15, -0.1) is 0 Å². The van der Waals surface area contributed by atoms with Crippen LogP contribution in [0.1, 0.15) is 39.0 Å². The lowest BCUT2D eigenvalue weighted by molar-refractivity contribution is -0.185. The van der Waals surface area contributed by atoms with Gasteiger partial charge in [0.25, 0.3) is 0 Å². The highest BCUT2D eigenvalue weighted by atomic mass is 16.3. The number of hydrogen-bond acceptors (Lipinski definition) is 3. The van der Waals surface area contributed by atoms with Gasteiger partial charge in [0.2, 0.25) is 5.91 Å². The molecule has 0 unspecified atom stereocenters. The molecule has 0 spiro atoms. The minimum absolute atomic E-state index is 0.236. The molecule has 5 rings (SSSR count). The summed E-state index contributed by atoms with van der Waals surface area (Å²) in [6.45, 7) is 3.09. The van der Waals surface area contributed by atoms with Crippen molar-refractivity contribution >= 4 is 5.91 Å². The average molecular weight is 279 g/mol. The van der Waals surface area contributed by atoms with Crippen molar-refractivity contribution in [2.75, 3.05) is 13.1 Å². The van der Waals surface area contributed by atoms with Crippen LogP contribution in [-0.2, 0) is 4.79 Å². The van der Waals surface area contributed by atoms with Crippen LogP contribution in [0.3, 0.4) is 0 Å². The van der Waals surface area contributed by atoms with Gasteiger partial charge in [0.1, 0.15) is 0 Å². The fourth-order valence-corrected chi connectivity index (χ4v) is 5.54. The molecule has 2 N–H and O–H groups in total. The molecule has 1 amide bonds. The number of β-amino-alcohol motifs (C(OH)–C–C–N with tert-alkyl or cyclic N) is 1. The van der Waals surface area contributed by atoms with Crippen molar-refractivity contribution in [3.05, 3.63) is 0 Å². The summed E-state index contributed by atoms with van der Waals surface area (Å²) < 4.78 is 0. The second kappa shape index (κ2) is 4.20. The summed E-state index contributed by atoms with van der Waals surface area (Å²) in [6, 6.07) is 0. The molecule has 4 bridgehead atoms. The van der Waals surface area contributed by atoms with Crippen LogP contribution in [0.15, 0.2) is 0 Å². The Morgan fingerprint density at radius 3 is 2.10 bits per heavy atom. The van der Waals surface area contributed by atoms with Gasteiger partial charge in [0, 0.05) is 19.5 Å². The molecular formula is C16H25NO3. The van der Waals surface area contributed by atoms with Gasteiger partial charge in [-0.25, -0.2) is 0 Å². The van der Waals surface area contributed by atoms with Gasteiger partial charge in [-0.3, -0.25) is 4.79 Å². The van der Waals surface area contributed by atoms with Crippen LogP contribution in [0, 0.1) is 29.6 Å². The molecule has 1 heterocycles. The van der Waals surface area contributed by atoms with E-state index in [4.69, 9.17) is 0 Å². The molecule has 112 valence electrons. The van der Waals surface area contributed by atoms with E-state index < -0.39 is 5.60 Å². The Bertz CT molecular complexity index is 395. The van der Waals surface area contributed by atoms with Crippen LogP contribution < -0.4 is 0 Å². The Balaban J connectivity index is 1.43. The molecular weight excluding hydrogens is 254 g/mol. The maximum absolute atomic E-state index is 12.3. The van der Waals surface area contributed by atoms with Crippen molar-refractivity contribution in [2.24, 2.45) is 29.6 Å². The fourth-order valence-electron chi connectivity index (χ4n) is 5.54. The van der Waals surface area contributed by atoms with E-state index in [-0.39, 0.29) is 12.0 Å². The standard InChI is InChI=1S/C16H25NO3/c1-16(20)11-2-9-3-12(16)5-10(4-11)14(9)6-15(19)17-7-13(18)8-17/h9-14,18,20H,2-8H2,1H3/t9?,10?,11?,12?,14-,16-. The minimum atomic E-state index is -0.455. The van der Waals surface area contributed by atoms with E-state index in [2.05, 4.69) is 0 Å². The first-order valence-corrected chi connectivity index (χ1v) is 8.13. The van der Waals surface area contributed by atoms with E-state index in [0.29, 0.717) is 49.1 Å². The molecule has 4 saturated carbocycles. The topological polar surface area (TPSA) is 60.8 Å². The summed E-state index contributed by atoms with van der Waals surface area (Å²) in [5.74, 6) is 2.98. The first kappa shape index (κ1) is 13.1. The van der Waals surface area contributed by atoms with Crippen molar-refractivity contribution in [2.45, 2.75) is 50.7 Å². The number of rotatable bonds is 2. The molecule has 20 heavy (non-hydrogen) atoms. The fraction of sp³-hybridized carbons (Fsp3) is 0.938. The van der Waals surface area contributed by atoms with Gasteiger partial charge in [0.05, 0.1) is 11.7 Å². The molecule has 0 aromatic heterocycles. The molecule has 1 saturated heterocycles. The molecule has 0 atom stereocenters. The van der Waals surface area contributed by atoms with Crippen LogP contribution >= 0.6 is 0 Å². The van der Waals surface area contributed by atoms with Crippen molar-refractivity contribution in [3.63, 3.8) is 0 Å². The Labute approximate surface area is 120 Å². The number of aliphatic hydroxyl groups is 2. The van der Waals surface area contributed by atoms with E-state index in [0.717, 1.165) is 25.7 Å². The summed E-state index contributed by atoms with van der Waals surface area (Å²) >= 11 is 0. The third-order valence-electron chi connectivity index (χ3n) is 6.84. The summed E-state index contributed by atoms with van der Waals surface area (Å²) in [4.78, 5) is 14.1. The molecule has 4 nitrogen and oxygen atoms in total. The SMILES string of the molecule is C[C@]1(O)C2CC3CC1CC(C2)[C@H]3CC(=O)N1CC(O)C1. The van der Waals surface area contributed by atoms with E-state index in [1.54, 1.807) is 4.90 Å². The zero-order valence-corrected chi connectivity index (χ0v) is 12.2. The predicted octanol–water partition coefficient (Wildman–Crippen LogP) is 1.01. The van der Waals surface area contributed by atoms with Crippen LogP contribution in [0.5, 0.6) is 0 Å². The Kier molecular flexibility index (Phi) is 2.75. The van der Waals surface area contributed by atoms with E-state index >= 15 is 0 Å². The minimum Gasteiger partial charge on any atom is -0.390 e. The molecule has 4 aliphatic carbocycles. The lowest BCUT2D eigenvalue weighted by Gasteiger charge is -2.61. The second-order valence-electron chi connectivity index (χ2n) is 7.90.